The number of rotatable bonds is 11. The summed E-state index contributed by atoms with van der Waals surface area (Å²) >= 11 is 0. The van der Waals surface area contributed by atoms with E-state index < -0.39 is 0 Å². The van der Waals surface area contributed by atoms with Crippen LogP contribution in [-0.2, 0) is 6.42 Å². The van der Waals surface area contributed by atoms with Crippen molar-refractivity contribution in [2.75, 3.05) is 0 Å². The number of hydrogen-bond acceptors (Lipinski definition) is 4. The van der Waals surface area contributed by atoms with E-state index in [2.05, 4.69) is 6.92 Å². The maximum Gasteiger partial charge on any atom is 0.115 e. The fourth-order valence-corrected chi connectivity index (χ4v) is 3.66. The predicted octanol–water partition coefficient (Wildman–Crippen LogP) is 6.91. The van der Waals surface area contributed by atoms with Crippen molar-refractivity contribution in [2.45, 2.75) is 64.7 Å². The van der Waals surface area contributed by atoms with Crippen molar-refractivity contribution in [3.05, 3.63) is 60.4 Å². The Morgan fingerprint density at radius 3 is 1.80 bits per heavy atom. The third kappa shape index (κ3) is 6.31. The predicted molar refractivity (Wildman–Crippen MR) is 123 cm³/mol. The van der Waals surface area contributed by atoms with E-state index in [-0.39, 0.29) is 11.5 Å². The average molecular weight is 405 g/mol. The first-order valence-electron chi connectivity index (χ1n) is 11.1. The Bertz CT molecular complexity index is 905. The fraction of sp³-hybridized carbons (Fsp3) is 0.385. The zero-order valence-electron chi connectivity index (χ0n) is 17.8. The number of aromatic hydroxyl groups is 2. The van der Waals surface area contributed by atoms with Crippen LogP contribution in [0.2, 0.25) is 0 Å². The summed E-state index contributed by atoms with van der Waals surface area (Å²) in [6.45, 7) is 2.25. The molecule has 0 saturated heterocycles. The minimum atomic E-state index is 0.242. The summed E-state index contributed by atoms with van der Waals surface area (Å²) in [6, 6.07) is 14.2. The molecule has 0 spiro atoms. The molecule has 2 aromatic carbocycles. The number of unbranched alkanes of at least 4 members (excludes halogenated alkanes) is 7. The molecule has 0 saturated carbocycles. The Balaban J connectivity index is 1.72. The first-order chi connectivity index (χ1) is 14.7. The largest absolute Gasteiger partial charge is 0.508 e. The number of phenols is 2. The van der Waals surface area contributed by atoms with Crippen LogP contribution in [0.1, 0.15) is 64.0 Å². The van der Waals surface area contributed by atoms with E-state index in [4.69, 9.17) is 9.97 Å². The van der Waals surface area contributed by atoms with Crippen LogP contribution >= 0.6 is 0 Å². The van der Waals surface area contributed by atoms with Crippen molar-refractivity contribution >= 4 is 0 Å². The molecule has 0 atom stereocenters. The highest BCUT2D eigenvalue weighted by molar-refractivity contribution is 5.66. The van der Waals surface area contributed by atoms with Gasteiger partial charge in [-0.15, -0.1) is 0 Å². The SMILES string of the molecule is CCCCCCCCCCc1nc(-c2ccc(O)cc2)cnc1-c1ccc(O)cc1. The summed E-state index contributed by atoms with van der Waals surface area (Å²) in [5.41, 5.74) is 4.58. The summed E-state index contributed by atoms with van der Waals surface area (Å²) in [7, 11) is 0. The van der Waals surface area contributed by atoms with Gasteiger partial charge in [0.15, 0.2) is 0 Å². The van der Waals surface area contributed by atoms with E-state index in [0.29, 0.717) is 0 Å². The van der Waals surface area contributed by atoms with E-state index in [9.17, 15) is 10.2 Å². The molecule has 30 heavy (non-hydrogen) atoms. The van der Waals surface area contributed by atoms with Crippen molar-refractivity contribution in [1.29, 1.82) is 0 Å². The van der Waals surface area contributed by atoms with Crippen molar-refractivity contribution in [1.82, 2.24) is 9.97 Å². The molecular weight excluding hydrogens is 372 g/mol. The van der Waals surface area contributed by atoms with Crippen molar-refractivity contribution < 1.29 is 10.2 Å². The Hall–Kier alpha value is -2.88. The lowest BCUT2D eigenvalue weighted by atomic mass is 10.0. The van der Waals surface area contributed by atoms with Gasteiger partial charge in [-0.1, -0.05) is 51.9 Å². The molecular formula is C26H32N2O2. The molecule has 0 amide bonds. The number of aromatic nitrogens is 2. The molecule has 3 rings (SSSR count). The second-order valence-electron chi connectivity index (χ2n) is 7.87. The van der Waals surface area contributed by atoms with Crippen molar-refractivity contribution in [3.8, 4) is 34.0 Å². The Morgan fingerprint density at radius 2 is 1.20 bits per heavy atom. The van der Waals surface area contributed by atoms with E-state index in [1.165, 1.54) is 44.9 Å². The monoisotopic (exact) mass is 404 g/mol. The number of nitrogens with zero attached hydrogens (tertiary/aromatic N) is 2. The minimum Gasteiger partial charge on any atom is -0.508 e. The van der Waals surface area contributed by atoms with Crippen molar-refractivity contribution in [3.63, 3.8) is 0 Å². The van der Waals surface area contributed by atoms with Gasteiger partial charge in [0, 0.05) is 11.1 Å². The second-order valence-corrected chi connectivity index (χ2v) is 7.87. The first kappa shape index (κ1) is 21.8. The van der Waals surface area contributed by atoms with E-state index in [1.807, 2.05) is 24.3 Å². The van der Waals surface area contributed by atoms with Gasteiger partial charge in [-0.25, -0.2) is 4.98 Å². The van der Waals surface area contributed by atoms with Crippen LogP contribution in [0.5, 0.6) is 11.5 Å². The summed E-state index contributed by atoms with van der Waals surface area (Å²) in [6.07, 6.45) is 12.8. The zero-order chi connectivity index (χ0) is 21.2. The zero-order valence-corrected chi connectivity index (χ0v) is 17.8. The van der Waals surface area contributed by atoms with Gasteiger partial charge in [0.2, 0.25) is 0 Å². The molecule has 0 radical (unpaired) electrons. The van der Waals surface area contributed by atoms with Gasteiger partial charge in [0.05, 0.1) is 23.3 Å². The van der Waals surface area contributed by atoms with Gasteiger partial charge in [-0.3, -0.25) is 4.98 Å². The third-order valence-electron chi connectivity index (χ3n) is 5.42. The van der Waals surface area contributed by atoms with Crippen LogP contribution in [0.25, 0.3) is 22.5 Å². The van der Waals surface area contributed by atoms with Gasteiger partial charge < -0.3 is 10.2 Å². The lowest BCUT2D eigenvalue weighted by Gasteiger charge is -2.11. The van der Waals surface area contributed by atoms with E-state index >= 15 is 0 Å². The van der Waals surface area contributed by atoms with E-state index in [0.717, 1.165) is 41.1 Å². The second kappa shape index (κ2) is 11.3. The fourth-order valence-electron chi connectivity index (χ4n) is 3.66. The molecule has 0 bridgehead atoms. The molecule has 0 unspecified atom stereocenters. The lowest BCUT2D eigenvalue weighted by molar-refractivity contribution is 0.475. The first-order valence-corrected chi connectivity index (χ1v) is 11.1. The molecule has 2 N–H and O–H groups in total. The molecule has 1 heterocycles. The molecule has 0 aliphatic heterocycles. The summed E-state index contributed by atoms with van der Waals surface area (Å²) < 4.78 is 0. The van der Waals surface area contributed by atoms with E-state index in [1.54, 1.807) is 30.5 Å². The molecule has 3 aromatic rings. The lowest BCUT2D eigenvalue weighted by Crippen LogP contribution is -2.00. The van der Waals surface area contributed by atoms with Gasteiger partial charge in [0.1, 0.15) is 11.5 Å². The Labute approximate surface area is 179 Å². The number of aryl methyl sites for hydroxylation is 1. The number of benzene rings is 2. The van der Waals surface area contributed by atoms with Crippen LogP contribution in [0.4, 0.5) is 0 Å². The van der Waals surface area contributed by atoms with Gasteiger partial charge >= 0.3 is 0 Å². The summed E-state index contributed by atoms with van der Waals surface area (Å²) in [5, 5.41) is 19.2. The number of phenolic OH excluding ortho intramolecular Hbond substituents is 2. The van der Waals surface area contributed by atoms with Crippen LogP contribution in [0, 0.1) is 0 Å². The Morgan fingerprint density at radius 1 is 0.667 bits per heavy atom. The highest BCUT2D eigenvalue weighted by Gasteiger charge is 2.11. The number of hydrogen-bond donors (Lipinski definition) is 2. The van der Waals surface area contributed by atoms with Crippen LogP contribution in [-0.4, -0.2) is 20.2 Å². The van der Waals surface area contributed by atoms with Crippen LogP contribution < -0.4 is 0 Å². The van der Waals surface area contributed by atoms with Crippen molar-refractivity contribution in [2.24, 2.45) is 0 Å². The molecule has 0 aliphatic rings. The minimum absolute atomic E-state index is 0.242. The quantitative estimate of drug-likeness (QED) is 0.341. The topological polar surface area (TPSA) is 66.2 Å². The van der Waals surface area contributed by atoms with Gasteiger partial charge in [0.25, 0.3) is 0 Å². The maximum atomic E-state index is 9.61. The molecule has 0 aliphatic carbocycles. The standard InChI is InChI=1S/C26H32N2O2/c1-2-3-4-5-6-7-8-9-10-24-26(21-13-17-23(30)18-14-21)27-19-25(28-24)20-11-15-22(29)16-12-20/h11-19,29-30H,2-10H2,1H3. The Kier molecular flexibility index (Phi) is 8.25. The molecule has 0 fully saturated rings. The summed E-state index contributed by atoms with van der Waals surface area (Å²) in [5.74, 6) is 0.489. The third-order valence-corrected chi connectivity index (χ3v) is 5.42. The molecule has 158 valence electrons. The normalized spacial score (nSPS) is 11.0. The van der Waals surface area contributed by atoms with Gasteiger partial charge in [-0.05, 0) is 61.4 Å². The average Bonchev–Trinajstić information content (AvgIpc) is 2.77. The summed E-state index contributed by atoms with van der Waals surface area (Å²) in [4.78, 5) is 9.64. The highest BCUT2D eigenvalue weighted by atomic mass is 16.3. The highest BCUT2D eigenvalue weighted by Crippen LogP contribution is 2.27. The maximum absolute atomic E-state index is 9.61. The molecule has 4 heteroatoms. The molecule has 1 aromatic heterocycles. The van der Waals surface area contributed by atoms with Gasteiger partial charge in [-0.2, -0.15) is 0 Å². The van der Waals surface area contributed by atoms with Crippen LogP contribution in [0.15, 0.2) is 54.7 Å². The molecule has 4 nitrogen and oxygen atoms in total. The van der Waals surface area contributed by atoms with Crippen LogP contribution in [0.3, 0.4) is 0 Å². The smallest absolute Gasteiger partial charge is 0.115 e.